The molecule has 1 amide bonds. The van der Waals surface area contributed by atoms with E-state index in [2.05, 4.69) is 10.2 Å². The molecule has 0 aliphatic carbocycles. The van der Waals surface area contributed by atoms with Crippen LogP contribution in [-0.2, 0) is 4.79 Å². The highest BCUT2D eigenvalue weighted by molar-refractivity contribution is 5.78. The van der Waals surface area contributed by atoms with Crippen molar-refractivity contribution in [1.29, 1.82) is 0 Å². The molecule has 86 valence electrons. The number of carbonyl (C=O) groups is 1. The van der Waals surface area contributed by atoms with Crippen molar-refractivity contribution in [1.82, 2.24) is 10.2 Å². The van der Waals surface area contributed by atoms with Crippen molar-refractivity contribution in [2.45, 2.75) is 34.1 Å². The Hall–Kier alpha value is -0.570. The summed E-state index contributed by atoms with van der Waals surface area (Å²) in [5, 5.41) is 2.66. The summed E-state index contributed by atoms with van der Waals surface area (Å²) in [6.45, 7) is 9.97. The van der Waals surface area contributed by atoms with Crippen molar-refractivity contribution >= 4 is 5.91 Å². The van der Waals surface area contributed by atoms with Crippen molar-refractivity contribution in [3.63, 3.8) is 0 Å². The number of hydrogen-bond donors (Lipinski definition) is 1. The predicted molar refractivity (Wildman–Crippen MR) is 62.4 cm³/mol. The van der Waals surface area contributed by atoms with Gasteiger partial charge in [0, 0.05) is 13.6 Å². The monoisotopic (exact) mass is 202 g/mol. The van der Waals surface area contributed by atoms with Gasteiger partial charge >= 0.3 is 0 Å². The average Bonchev–Trinajstić information content (AvgIpc) is 2.69. The van der Waals surface area contributed by atoms with Gasteiger partial charge in [-0.05, 0) is 20.0 Å². The van der Waals surface area contributed by atoms with E-state index in [1.807, 2.05) is 34.7 Å². The highest BCUT2D eigenvalue weighted by Crippen LogP contribution is 2.13. The lowest BCUT2D eigenvalue weighted by Crippen LogP contribution is -2.29. The van der Waals surface area contributed by atoms with Gasteiger partial charge in [-0.3, -0.25) is 4.79 Å². The van der Waals surface area contributed by atoms with Gasteiger partial charge < -0.3 is 10.2 Å². The van der Waals surface area contributed by atoms with Crippen molar-refractivity contribution in [3.8, 4) is 0 Å². The van der Waals surface area contributed by atoms with E-state index in [0.717, 1.165) is 19.5 Å². The lowest BCUT2D eigenvalue weighted by molar-refractivity contribution is -0.124. The fourth-order valence-corrected chi connectivity index (χ4v) is 1.35. The summed E-state index contributed by atoms with van der Waals surface area (Å²) in [6, 6.07) is 0. The van der Waals surface area contributed by atoms with Crippen molar-refractivity contribution in [2.24, 2.45) is 5.92 Å². The maximum atomic E-state index is 11.0. The predicted octanol–water partition coefficient (Wildman–Crippen LogP) is 1.74. The first kappa shape index (κ1) is 15.9. The minimum atomic E-state index is 0.185. The first-order valence-corrected chi connectivity index (χ1v) is 5.64. The standard InChI is InChI=1S/C7H14N2O.2C2H6/c1-8-7(10)6-3-4-9(2)5-6;2*1-2/h6H,3-5H2,1-2H3,(H,8,10);2*1-2H3. The Kier molecular flexibility index (Phi) is 11.9. The topological polar surface area (TPSA) is 32.3 Å². The van der Waals surface area contributed by atoms with Gasteiger partial charge in [-0.15, -0.1) is 0 Å². The van der Waals surface area contributed by atoms with E-state index in [-0.39, 0.29) is 11.8 Å². The molecular weight excluding hydrogens is 176 g/mol. The van der Waals surface area contributed by atoms with Gasteiger partial charge in [-0.2, -0.15) is 0 Å². The number of nitrogens with zero attached hydrogens (tertiary/aromatic N) is 1. The summed E-state index contributed by atoms with van der Waals surface area (Å²) in [5.41, 5.74) is 0. The zero-order chi connectivity index (χ0) is 11.6. The Bertz CT molecular complexity index is 137. The SMILES string of the molecule is CC.CC.CNC(=O)C1CCN(C)C1. The van der Waals surface area contributed by atoms with E-state index in [9.17, 15) is 4.79 Å². The Morgan fingerprint density at radius 1 is 1.29 bits per heavy atom. The van der Waals surface area contributed by atoms with Gasteiger partial charge in [0.05, 0.1) is 5.92 Å². The second kappa shape index (κ2) is 10.5. The summed E-state index contributed by atoms with van der Waals surface area (Å²) >= 11 is 0. The normalized spacial score (nSPS) is 20.0. The molecule has 0 saturated carbocycles. The number of nitrogens with one attached hydrogen (secondary N) is 1. The molecule has 0 aromatic carbocycles. The van der Waals surface area contributed by atoms with E-state index in [4.69, 9.17) is 0 Å². The fraction of sp³-hybridized carbons (Fsp3) is 0.909. The Labute approximate surface area is 88.9 Å². The van der Waals surface area contributed by atoms with Gasteiger partial charge in [0.1, 0.15) is 0 Å². The number of carbonyl (C=O) groups excluding carboxylic acids is 1. The summed E-state index contributed by atoms with van der Waals surface area (Å²) < 4.78 is 0. The smallest absolute Gasteiger partial charge is 0.224 e. The lowest BCUT2D eigenvalue weighted by Gasteiger charge is -2.07. The minimum Gasteiger partial charge on any atom is -0.359 e. The zero-order valence-electron chi connectivity index (χ0n) is 10.6. The van der Waals surface area contributed by atoms with Crippen LogP contribution in [0.5, 0.6) is 0 Å². The van der Waals surface area contributed by atoms with Crippen molar-refractivity contribution in [2.75, 3.05) is 27.2 Å². The molecule has 1 unspecified atom stereocenters. The van der Waals surface area contributed by atoms with Crippen LogP contribution in [0.25, 0.3) is 0 Å². The molecule has 3 nitrogen and oxygen atoms in total. The first-order valence-electron chi connectivity index (χ1n) is 5.64. The average molecular weight is 202 g/mol. The highest BCUT2D eigenvalue weighted by atomic mass is 16.1. The molecule has 1 N–H and O–H groups in total. The van der Waals surface area contributed by atoms with Crippen LogP contribution in [0.1, 0.15) is 34.1 Å². The Balaban J connectivity index is 0. The van der Waals surface area contributed by atoms with Gasteiger partial charge in [0.2, 0.25) is 5.91 Å². The molecule has 0 radical (unpaired) electrons. The molecule has 1 aliphatic rings. The molecule has 3 heteroatoms. The third-order valence-corrected chi connectivity index (χ3v) is 2.01. The van der Waals surface area contributed by atoms with E-state index in [1.165, 1.54) is 0 Å². The van der Waals surface area contributed by atoms with Crippen LogP contribution in [0.2, 0.25) is 0 Å². The molecular formula is C11H26N2O. The van der Waals surface area contributed by atoms with Crippen LogP contribution < -0.4 is 5.32 Å². The fourth-order valence-electron chi connectivity index (χ4n) is 1.35. The van der Waals surface area contributed by atoms with Crippen LogP contribution in [0, 0.1) is 5.92 Å². The summed E-state index contributed by atoms with van der Waals surface area (Å²) in [5.74, 6) is 0.416. The van der Waals surface area contributed by atoms with Crippen molar-refractivity contribution in [3.05, 3.63) is 0 Å². The van der Waals surface area contributed by atoms with Crippen molar-refractivity contribution < 1.29 is 4.79 Å². The van der Waals surface area contributed by atoms with E-state index >= 15 is 0 Å². The zero-order valence-corrected chi connectivity index (χ0v) is 10.6. The largest absolute Gasteiger partial charge is 0.359 e. The molecule has 0 spiro atoms. The number of rotatable bonds is 1. The number of likely N-dealkylation sites (tertiary alicyclic amines) is 1. The van der Waals surface area contributed by atoms with Gasteiger partial charge in [0.25, 0.3) is 0 Å². The minimum absolute atomic E-state index is 0.185. The van der Waals surface area contributed by atoms with Crippen LogP contribution in [0.15, 0.2) is 0 Å². The molecule has 1 saturated heterocycles. The second-order valence-corrected chi connectivity index (χ2v) is 2.86. The van der Waals surface area contributed by atoms with Crippen LogP contribution in [0.3, 0.4) is 0 Å². The Morgan fingerprint density at radius 2 is 1.79 bits per heavy atom. The maximum Gasteiger partial charge on any atom is 0.224 e. The van der Waals surface area contributed by atoms with Crippen LogP contribution in [0.4, 0.5) is 0 Å². The number of amides is 1. The third kappa shape index (κ3) is 5.97. The van der Waals surface area contributed by atoms with E-state index in [0.29, 0.717) is 0 Å². The van der Waals surface area contributed by atoms with Gasteiger partial charge in [-0.1, -0.05) is 27.7 Å². The van der Waals surface area contributed by atoms with Crippen LogP contribution >= 0.6 is 0 Å². The molecule has 0 aromatic heterocycles. The molecule has 1 heterocycles. The Morgan fingerprint density at radius 3 is 2.07 bits per heavy atom. The molecule has 1 atom stereocenters. The third-order valence-electron chi connectivity index (χ3n) is 2.01. The van der Waals surface area contributed by atoms with E-state index in [1.54, 1.807) is 7.05 Å². The van der Waals surface area contributed by atoms with Gasteiger partial charge in [0.15, 0.2) is 0 Å². The molecule has 1 aliphatic heterocycles. The molecule has 0 bridgehead atoms. The van der Waals surface area contributed by atoms with E-state index < -0.39 is 0 Å². The summed E-state index contributed by atoms with van der Waals surface area (Å²) in [7, 11) is 3.74. The molecule has 14 heavy (non-hydrogen) atoms. The van der Waals surface area contributed by atoms with Crippen LogP contribution in [-0.4, -0.2) is 38.0 Å². The highest BCUT2D eigenvalue weighted by Gasteiger charge is 2.24. The number of hydrogen-bond acceptors (Lipinski definition) is 2. The molecule has 1 fully saturated rings. The second-order valence-electron chi connectivity index (χ2n) is 2.86. The summed E-state index contributed by atoms with van der Waals surface area (Å²) in [6.07, 6.45) is 1.01. The lowest BCUT2D eigenvalue weighted by atomic mass is 10.1. The summed E-state index contributed by atoms with van der Waals surface area (Å²) in [4.78, 5) is 13.2. The molecule has 1 rings (SSSR count). The molecule has 0 aromatic rings. The van der Waals surface area contributed by atoms with Gasteiger partial charge in [-0.25, -0.2) is 0 Å². The maximum absolute atomic E-state index is 11.0. The quantitative estimate of drug-likeness (QED) is 0.702. The first-order chi connectivity index (χ1) is 6.74.